The molecule has 27 heavy (non-hydrogen) atoms. The number of hydrogen-bond donors (Lipinski definition) is 1. The second-order valence-electron chi connectivity index (χ2n) is 6.31. The Morgan fingerprint density at radius 2 is 1.81 bits per heavy atom. The number of hydrogen-bond acceptors (Lipinski definition) is 4. The lowest BCUT2D eigenvalue weighted by atomic mass is 10.2. The van der Waals surface area contributed by atoms with Crippen LogP contribution >= 0.6 is 0 Å². The minimum absolute atomic E-state index is 0.0606. The van der Waals surface area contributed by atoms with Crippen LogP contribution < -0.4 is 5.32 Å². The number of nitrogens with one attached hydrogen (secondary N) is 1. The fourth-order valence-corrected chi connectivity index (χ4v) is 4.43. The molecule has 0 fully saturated rings. The van der Waals surface area contributed by atoms with E-state index in [9.17, 15) is 13.2 Å². The summed E-state index contributed by atoms with van der Waals surface area (Å²) in [6.07, 6.45) is 1.50. The summed E-state index contributed by atoms with van der Waals surface area (Å²) in [6, 6.07) is 16.3. The first-order valence-corrected chi connectivity index (χ1v) is 9.86. The van der Waals surface area contributed by atoms with E-state index in [0.29, 0.717) is 17.9 Å². The second-order valence-corrected chi connectivity index (χ2v) is 8.32. The highest BCUT2D eigenvalue weighted by Gasteiger charge is 2.32. The zero-order valence-corrected chi connectivity index (χ0v) is 15.5. The first kappa shape index (κ1) is 17.4. The fourth-order valence-electron chi connectivity index (χ4n) is 3.12. The van der Waals surface area contributed by atoms with Crippen LogP contribution in [0.2, 0.25) is 0 Å². The number of carbonyl (C=O) groups excluding carboxylic acids is 1. The molecule has 0 aliphatic carbocycles. The van der Waals surface area contributed by atoms with Crippen molar-refractivity contribution in [3.8, 4) is 5.69 Å². The normalized spacial score (nSPS) is 15.4. The smallest absolute Gasteiger partial charge is 0.272 e. The van der Waals surface area contributed by atoms with Crippen LogP contribution in [0, 0.1) is 0 Å². The maximum Gasteiger partial charge on any atom is 0.272 e. The molecule has 0 saturated heterocycles. The summed E-state index contributed by atoms with van der Waals surface area (Å²) in [5, 5.41) is 2.85. The van der Waals surface area contributed by atoms with Crippen molar-refractivity contribution < 1.29 is 13.2 Å². The van der Waals surface area contributed by atoms with Gasteiger partial charge in [-0.15, -0.1) is 0 Å². The number of benzene rings is 2. The number of carbonyl (C=O) groups is 1. The summed E-state index contributed by atoms with van der Waals surface area (Å²) in [5.74, 6) is -0.335. The van der Waals surface area contributed by atoms with Crippen LogP contribution in [0.15, 0.2) is 65.8 Å². The fraction of sp³-hybridized carbons (Fsp3) is 0.158. The Balaban J connectivity index is 1.71. The van der Waals surface area contributed by atoms with Gasteiger partial charge in [0.1, 0.15) is 11.2 Å². The Morgan fingerprint density at radius 1 is 1.11 bits per heavy atom. The minimum Gasteiger partial charge on any atom is -0.347 e. The van der Waals surface area contributed by atoms with Crippen molar-refractivity contribution in [2.24, 2.45) is 0 Å². The molecule has 1 aromatic heterocycles. The molecular weight excluding hydrogens is 364 g/mol. The van der Waals surface area contributed by atoms with Gasteiger partial charge in [0.15, 0.2) is 5.69 Å². The Hall–Kier alpha value is -2.97. The van der Waals surface area contributed by atoms with Crippen molar-refractivity contribution in [1.82, 2.24) is 19.2 Å². The van der Waals surface area contributed by atoms with Gasteiger partial charge in [-0.3, -0.25) is 9.36 Å². The molecule has 2 heterocycles. The lowest BCUT2D eigenvalue weighted by Gasteiger charge is -2.14. The average molecular weight is 382 g/mol. The predicted molar refractivity (Wildman–Crippen MR) is 99.8 cm³/mol. The SMILES string of the molecule is CN1Cc2c(C(=O)NCc3ccccc3)ncn2-c2ccccc2S1(=O)=O. The number of nitrogens with zero attached hydrogens (tertiary/aromatic N) is 3. The van der Waals surface area contributed by atoms with Crippen molar-refractivity contribution in [2.45, 2.75) is 18.0 Å². The van der Waals surface area contributed by atoms with Gasteiger partial charge in [0.2, 0.25) is 10.0 Å². The molecule has 0 atom stereocenters. The number of aromatic nitrogens is 2. The van der Waals surface area contributed by atoms with E-state index in [1.807, 2.05) is 30.3 Å². The maximum atomic E-state index is 12.8. The van der Waals surface area contributed by atoms with E-state index >= 15 is 0 Å². The number of fused-ring (bicyclic) bond motifs is 3. The van der Waals surface area contributed by atoms with Crippen molar-refractivity contribution in [1.29, 1.82) is 0 Å². The number of sulfonamides is 1. The van der Waals surface area contributed by atoms with Gasteiger partial charge in [0.05, 0.1) is 17.9 Å². The number of rotatable bonds is 3. The second kappa shape index (κ2) is 6.64. The highest BCUT2D eigenvalue weighted by atomic mass is 32.2. The van der Waals surface area contributed by atoms with Crippen molar-refractivity contribution in [3.63, 3.8) is 0 Å². The molecule has 0 radical (unpaired) electrons. The third-order valence-corrected chi connectivity index (χ3v) is 6.41. The molecule has 4 rings (SSSR count). The van der Waals surface area contributed by atoms with E-state index < -0.39 is 10.0 Å². The Labute approximate surface area is 157 Å². The van der Waals surface area contributed by atoms with Gasteiger partial charge >= 0.3 is 0 Å². The van der Waals surface area contributed by atoms with Crippen LogP contribution in [0.4, 0.5) is 0 Å². The van der Waals surface area contributed by atoms with E-state index in [1.165, 1.54) is 17.7 Å². The highest BCUT2D eigenvalue weighted by molar-refractivity contribution is 7.89. The predicted octanol–water partition coefficient (Wildman–Crippen LogP) is 1.94. The molecule has 2 aromatic carbocycles. The summed E-state index contributed by atoms with van der Waals surface area (Å²) in [4.78, 5) is 17.1. The Morgan fingerprint density at radius 3 is 2.59 bits per heavy atom. The lowest BCUT2D eigenvalue weighted by molar-refractivity contribution is 0.0944. The summed E-state index contributed by atoms with van der Waals surface area (Å²) >= 11 is 0. The zero-order valence-electron chi connectivity index (χ0n) is 14.7. The van der Waals surface area contributed by atoms with E-state index in [1.54, 1.807) is 28.8 Å². The van der Waals surface area contributed by atoms with E-state index in [2.05, 4.69) is 10.3 Å². The molecule has 0 spiro atoms. The summed E-state index contributed by atoms with van der Waals surface area (Å²) in [5.41, 5.74) is 2.23. The average Bonchev–Trinajstić information content (AvgIpc) is 3.07. The molecule has 1 amide bonds. The quantitative estimate of drug-likeness (QED) is 0.750. The van der Waals surface area contributed by atoms with Gasteiger partial charge in [0.25, 0.3) is 5.91 Å². The number of amides is 1. The van der Waals surface area contributed by atoms with Crippen LogP contribution in [-0.2, 0) is 23.1 Å². The van der Waals surface area contributed by atoms with E-state index in [4.69, 9.17) is 0 Å². The molecule has 1 N–H and O–H groups in total. The molecule has 1 aliphatic rings. The van der Waals surface area contributed by atoms with Crippen LogP contribution in [0.25, 0.3) is 5.69 Å². The molecule has 0 bridgehead atoms. The number of imidazole rings is 1. The Bertz CT molecular complexity index is 1110. The van der Waals surface area contributed by atoms with Crippen molar-refractivity contribution >= 4 is 15.9 Å². The zero-order chi connectivity index (χ0) is 19.0. The van der Waals surface area contributed by atoms with E-state index in [0.717, 1.165) is 5.56 Å². The third-order valence-electron chi connectivity index (χ3n) is 4.56. The molecular formula is C19H18N4O3S. The van der Waals surface area contributed by atoms with Crippen molar-refractivity contribution in [2.75, 3.05) is 7.05 Å². The van der Waals surface area contributed by atoms with Gasteiger partial charge in [-0.1, -0.05) is 42.5 Å². The number of para-hydroxylation sites is 1. The van der Waals surface area contributed by atoms with Gasteiger partial charge < -0.3 is 5.32 Å². The van der Waals surface area contributed by atoms with Crippen LogP contribution in [-0.4, -0.2) is 35.2 Å². The first-order valence-electron chi connectivity index (χ1n) is 8.42. The third kappa shape index (κ3) is 3.02. The van der Waals surface area contributed by atoms with Gasteiger partial charge in [-0.2, -0.15) is 4.31 Å². The standard InChI is InChI=1S/C19H18N4O3S/c1-22-12-16-18(19(24)20-11-14-7-3-2-4-8-14)21-13-23(16)15-9-5-6-10-17(15)27(22,25)26/h2-10,13H,11-12H2,1H3,(H,20,24). The topological polar surface area (TPSA) is 84.3 Å². The molecule has 7 nitrogen and oxygen atoms in total. The summed E-state index contributed by atoms with van der Waals surface area (Å²) < 4.78 is 28.5. The van der Waals surface area contributed by atoms with Gasteiger partial charge in [-0.25, -0.2) is 13.4 Å². The lowest BCUT2D eigenvalue weighted by Crippen LogP contribution is -2.28. The highest BCUT2D eigenvalue weighted by Crippen LogP contribution is 2.30. The van der Waals surface area contributed by atoms with Crippen molar-refractivity contribution in [3.05, 3.63) is 77.9 Å². The largest absolute Gasteiger partial charge is 0.347 e. The van der Waals surface area contributed by atoms with Crippen LogP contribution in [0.1, 0.15) is 21.7 Å². The maximum absolute atomic E-state index is 12.8. The van der Waals surface area contributed by atoms with Gasteiger partial charge in [0, 0.05) is 13.6 Å². The van der Waals surface area contributed by atoms with Crippen LogP contribution in [0.5, 0.6) is 0 Å². The molecule has 8 heteroatoms. The molecule has 0 saturated carbocycles. The molecule has 1 aliphatic heterocycles. The molecule has 3 aromatic rings. The Kier molecular flexibility index (Phi) is 4.29. The summed E-state index contributed by atoms with van der Waals surface area (Å²) in [7, 11) is -2.14. The van der Waals surface area contributed by atoms with E-state index in [-0.39, 0.29) is 23.0 Å². The first-order chi connectivity index (χ1) is 13.0. The van der Waals surface area contributed by atoms with Gasteiger partial charge in [-0.05, 0) is 17.7 Å². The summed E-state index contributed by atoms with van der Waals surface area (Å²) in [6.45, 7) is 0.432. The van der Waals surface area contributed by atoms with Crippen LogP contribution in [0.3, 0.4) is 0 Å². The molecule has 0 unspecified atom stereocenters. The monoisotopic (exact) mass is 382 g/mol. The molecule has 138 valence electrons. The minimum atomic E-state index is -3.64.